The Kier molecular flexibility index (Phi) is 7.23. The topological polar surface area (TPSA) is 20.3 Å². The third-order valence-electron chi connectivity index (χ3n) is 7.87. The van der Waals surface area contributed by atoms with E-state index in [-0.39, 0.29) is 0 Å². The van der Waals surface area contributed by atoms with Gasteiger partial charge < -0.3 is 0 Å². The predicted molar refractivity (Wildman–Crippen MR) is 116 cm³/mol. The number of rotatable bonds is 6. The van der Waals surface area contributed by atoms with E-state index in [9.17, 15) is 4.79 Å². The summed E-state index contributed by atoms with van der Waals surface area (Å²) >= 11 is 0. The van der Waals surface area contributed by atoms with E-state index in [0.29, 0.717) is 11.7 Å². The molecule has 3 fully saturated rings. The van der Waals surface area contributed by atoms with Crippen molar-refractivity contribution >= 4 is 5.78 Å². The van der Waals surface area contributed by atoms with Crippen molar-refractivity contribution in [1.29, 1.82) is 0 Å². The average molecular weight is 382 g/mol. The Hall–Kier alpha value is -1.15. The molecule has 0 spiro atoms. The number of nitrogens with zero attached hydrogens (tertiary/aromatic N) is 1. The first-order chi connectivity index (χ1) is 13.8. The Morgan fingerprint density at radius 3 is 2.43 bits per heavy atom. The molecule has 154 valence electrons. The molecule has 1 aromatic carbocycles. The molecule has 4 unspecified atom stereocenters. The summed E-state index contributed by atoms with van der Waals surface area (Å²) in [5, 5.41) is 0. The molecule has 28 heavy (non-hydrogen) atoms. The Morgan fingerprint density at radius 1 is 0.821 bits per heavy atom. The third kappa shape index (κ3) is 5.69. The standard InChI is InChI=1S/C26H39NO/c28-26(20-27-16-15-24-11-4-5-12-25(24)19-27)18-23-10-6-9-22(13-14-23)17-21-7-2-1-3-8-21/h1-3,7-8,22-25H,4-6,9-20H2. The van der Waals surface area contributed by atoms with Crippen molar-refractivity contribution in [3.8, 4) is 0 Å². The molecule has 3 aliphatic rings. The second-order valence-electron chi connectivity index (χ2n) is 10.0. The van der Waals surface area contributed by atoms with Crippen LogP contribution >= 0.6 is 0 Å². The number of carbonyl (C=O) groups is 1. The normalized spacial score (nSPS) is 31.7. The number of carbonyl (C=O) groups excluding carboxylic acids is 1. The van der Waals surface area contributed by atoms with Crippen molar-refractivity contribution < 1.29 is 4.79 Å². The second kappa shape index (κ2) is 10.1. The molecule has 2 heteroatoms. The lowest BCUT2D eigenvalue weighted by Crippen LogP contribution is -2.44. The van der Waals surface area contributed by atoms with Gasteiger partial charge in [0.2, 0.25) is 0 Å². The number of Topliss-reactive ketones (excluding diaryl/α,β-unsaturated/α-hetero) is 1. The molecule has 2 saturated carbocycles. The van der Waals surface area contributed by atoms with Crippen LogP contribution in [0.3, 0.4) is 0 Å². The fraction of sp³-hybridized carbons (Fsp3) is 0.731. The van der Waals surface area contributed by atoms with Crippen LogP contribution in [0.4, 0.5) is 0 Å². The van der Waals surface area contributed by atoms with Crippen LogP contribution in [0, 0.1) is 23.7 Å². The summed E-state index contributed by atoms with van der Waals surface area (Å²) in [6.07, 6.45) is 15.6. The maximum absolute atomic E-state index is 12.8. The average Bonchev–Trinajstić information content (AvgIpc) is 2.93. The lowest BCUT2D eigenvalue weighted by Gasteiger charge is -2.41. The lowest BCUT2D eigenvalue weighted by atomic mass is 9.75. The molecule has 4 rings (SSSR count). The zero-order valence-electron chi connectivity index (χ0n) is 17.7. The van der Waals surface area contributed by atoms with Gasteiger partial charge in [0.1, 0.15) is 5.78 Å². The molecule has 0 radical (unpaired) electrons. The highest BCUT2D eigenvalue weighted by Crippen LogP contribution is 2.36. The van der Waals surface area contributed by atoms with E-state index in [1.807, 2.05) is 0 Å². The number of benzene rings is 1. The van der Waals surface area contributed by atoms with Crippen LogP contribution < -0.4 is 0 Å². The maximum atomic E-state index is 12.8. The van der Waals surface area contributed by atoms with Crippen LogP contribution in [0.2, 0.25) is 0 Å². The van der Waals surface area contributed by atoms with Gasteiger partial charge in [0.15, 0.2) is 0 Å². The molecule has 2 aliphatic carbocycles. The number of likely N-dealkylation sites (tertiary alicyclic amines) is 1. The van der Waals surface area contributed by atoms with Crippen LogP contribution in [0.15, 0.2) is 30.3 Å². The first kappa shape index (κ1) is 20.1. The Labute approximate surface area is 172 Å². The molecule has 1 aromatic rings. The first-order valence-electron chi connectivity index (χ1n) is 12.0. The molecule has 0 N–H and O–H groups in total. The van der Waals surface area contributed by atoms with Crippen molar-refractivity contribution in [2.75, 3.05) is 19.6 Å². The minimum Gasteiger partial charge on any atom is -0.298 e. The fourth-order valence-electron chi connectivity index (χ4n) is 6.27. The largest absolute Gasteiger partial charge is 0.298 e. The van der Waals surface area contributed by atoms with Crippen LogP contribution in [-0.2, 0) is 11.2 Å². The molecular formula is C26H39NO. The Balaban J connectivity index is 1.19. The van der Waals surface area contributed by atoms with E-state index in [1.165, 1.54) is 82.7 Å². The zero-order valence-corrected chi connectivity index (χ0v) is 17.7. The number of fused-ring (bicyclic) bond motifs is 1. The summed E-state index contributed by atoms with van der Waals surface area (Å²) in [4.78, 5) is 15.3. The summed E-state index contributed by atoms with van der Waals surface area (Å²) in [7, 11) is 0. The zero-order chi connectivity index (χ0) is 19.2. The van der Waals surface area contributed by atoms with Crippen LogP contribution in [-0.4, -0.2) is 30.3 Å². The van der Waals surface area contributed by atoms with Gasteiger partial charge in [0.05, 0.1) is 6.54 Å². The van der Waals surface area contributed by atoms with Crippen molar-refractivity contribution in [1.82, 2.24) is 4.90 Å². The van der Waals surface area contributed by atoms with Crippen molar-refractivity contribution in [2.24, 2.45) is 23.7 Å². The molecular weight excluding hydrogens is 342 g/mol. The number of piperidine rings is 1. The molecule has 2 nitrogen and oxygen atoms in total. The summed E-state index contributed by atoms with van der Waals surface area (Å²) in [6.45, 7) is 3.09. The summed E-state index contributed by atoms with van der Waals surface area (Å²) in [5.74, 6) is 3.81. The van der Waals surface area contributed by atoms with Gasteiger partial charge in [-0.25, -0.2) is 0 Å². The van der Waals surface area contributed by atoms with Gasteiger partial charge in [0, 0.05) is 13.0 Å². The SMILES string of the molecule is O=C(CC1CCCC(Cc2ccccc2)CC1)CN1CCC2CCCCC2C1. The van der Waals surface area contributed by atoms with Crippen LogP contribution in [0.5, 0.6) is 0 Å². The number of hydrogen-bond donors (Lipinski definition) is 0. The highest BCUT2D eigenvalue weighted by atomic mass is 16.1. The first-order valence-corrected chi connectivity index (χ1v) is 12.0. The van der Waals surface area contributed by atoms with Gasteiger partial charge in [-0.2, -0.15) is 0 Å². The molecule has 1 heterocycles. The van der Waals surface area contributed by atoms with E-state index in [0.717, 1.165) is 37.3 Å². The van der Waals surface area contributed by atoms with E-state index >= 15 is 0 Å². The molecule has 0 bridgehead atoms. The number of ketones is 1. The highest BCUT2D eigenvalue weighted by molar-refractivity contribution is 5.80. The Morgan fingerprint density at radius 2 is 1.57 bits per heavy atom. The predicted octanol–water partition coefficient (Wildman–Crippen LogP) is 5.90. The van der Waals surface area contributed by atoms with Gasteiger partial charge in [-0.05, 0) is 67.9 Å². The van der Waals surface area contributed by atoms with Gasteiger partial charge >= 0.3 is 0 Å². The van der Waals surface area contributed by atoms with Gasteiger partial charge in [0.25, 0.3) is 0 Å². The van der Waals surface area contributed by atoms with Crippen molar-refractivity contribution in [3.63, 3.8) is 0 Å². The quantitative estimate of drug-likeness (QED) is 0.572. The van der Waals surface area contributed by atoms with E-state index < -0.39 is 0 Å². The summed E-state index contributed by atoms with van der Waals surface area (Å²) in [5.41, 5.74) is 1.48. The number of hydrogen-bond acceptors (Lipinski definition) is 2. The van der Waals surface area contributed by atoms with Gasteiger partial charge in [-0.15, -0.1) is 0 Å². The summed E-state index contributed by atoms with van der Waals surface area (Å²) < 4.78 is 0. The van der Waals surface area contributed by atoms with Gasteiger partial charge in [-0.3, -0.25) is 9.69 Å². The van der Waals surface area contributed by atoms with E-state index in [4.69, 9.17) is 0 Å². The third-order valence-corrected chi connectivity index (χ3v) is 7.87. The molecule has 1 saturated heterocycles. The fourth-order valence-corrected chi connectivity index (χ4v) is 6.27. The Bertz CT molecular complexity index is 612. The van der Waals surface area contributed by atoms with E-state index in [2.05, 4.69) is 35.2 Å². The highest BCUT2D eigenvalue weighted by Gasteiger charge is 2.32. The summed E-state index contributed by atoms with van der Waals surface area (Å²) in [6, 6.07) is 10.9. The van der Waals surface area contributed by atoms with Crippen LogP contribution in [0.25, 0.3) is 0 Å². The minimum atomic E-state index is 0.515. The lowest BCUT2D eigenvalue weighted by molar-refractivity contribution is -0.122. The minimum absolute atomic E-state index is 0.515. The maximum Gasteiger partial charge on any atom is 0.147 e. The molecule has 1 aliphatic heterocycles. The molecule has 0 aromatic heterocycles. The molecule has 0 amide bonds. The van der Waals surface area contributed by atoms with Crippen LogP contribution in [0.1, 0.15) is 76.2 Å². The van der Waals surface area contributed by atoms with Crippen molar-refractivity contribution in [3.05, 3.63) is 35.9 Å². The van der Waals surface area contributed by atoms with Gasteiger partial charge in [-0.1, -0.05) is 68.9 Å². The monoisotopic (exact) mass is 381 g/mol. The van der Waals surface area contributed by atoms with Crippen molar-refractivity contribution in [2.45, 2.75) is 77.0 Å². The molecule has 4 atom stereocenters. The smallest absolute Gasteiger partial charge is 0.147 e. The van der Waals surface area contributed by atoms with E-state index in [1.54, 1.807) is 0 Å². The second-order valence-corrected chi connectivity index (χ2v) is 10.0.